The summed E-state index contributed by atoms with van der Waals surface area (Å²) in [7, 11) is 1.64. The first-order chi connectivity index (χ1) is 12.9. The zero-order valence-corrected chi connectivity index (χ0v) is 16.3. The van der Waals surface area contributed by atoms with E-state index in [0.717, 1.165) is 41.9 Å². The number of ether oxygens (including phenoxy) is 2. The number of methoxy groups -OCH3 is 1. The minimum absolute atomic E-state index is 0.0205. The highest BCUT2D eigenvalue weighted by atomic mass is 16.5. The van der Waals surface area contributed by atoms with Crippen LogP contribution in [0.3, 0.4) is 0 Å². The molecule has 0 radical (unpaired) electrons. The number of aryl methyl sites for hydroxylation is 2. The summed E-state index contributed by atoms with van der Waals surface area (Å²) >= 11 is 0. The molecule has 0 saturated carbocycles. The van der Waals surface area contributed by atoms with Gasteiger partial charge in [-0.3, -0.25) is 4.79 Å². The third-order valence-electron chi connectivity index (χ3n) is 5.59. The highest BCUT2D eigenvalue weighted by Crippen LogP contribution is 2.41. The van der Waals surface area contributed by atoms with E-state index < -0.39 is 0 Å². The van der Waals surface area contributed by atoms with Crippen LogP contribution in [0.25, 0.3) is 0 Å². The van der Waals surface area contributed by atoms with Crippen molar-refractivity contribution in [2.75, 3.05) is 7.11 Å². The molecule has 0 unspecified atom stereocenters. The van der Waals surface area contributed by atoms with Crippen LogP contribution in [0.1, 0.15) is 66.2 Å². The van der Waals surface area contributed by atoms with Crippen LogP contribution in [0.2, 0.25) is 0 Å². The van der Waals surface area contributed by atoms with E-state index in [2.05, 4.69) is 17.4 Å². The fourth-order valence-corrected chi connectivity index (χ4v) is 4.20. The number of hydrogen-bond donors (Lipinski definition) is 1. The van der Waals surface area contributed by atoms with Gasteiger partial charge in [-0.25, -0.2) is 0 Å². The number of rotatable bonds is 3. The van der Waals surface area contributed by atoms with Gasteiger partial charge in [0, 0.05) is 23.6 Å². The molecule has 0 fully saturated rings. The van der Waals surface area contributed by atoms with Crippen LogP contribution in [0.5, 0.6) is 11.5 Å². The van der Waals surface area contributed by atoms with E-state index in [9.17, 15) is 4.79 Å². The highest BCUT2D eigenvalue weighted by molar-refractivity contribution is 5.94. The number of carbonyl (C=O) groups excluding carboxylic acids is 1. The Labute approximate surface area is 160 Å². The quantitative estimate of drug-likeness (QED) is 0.864. The van der Waals surface area contributed by atoms with Gasteiger partial charge in [-0.05, 0) is 74.9 Å². The molecule has 4 nitrogen and oxygen atoms in total. The lowest BCUT2D eigenvalue weighted by Gasteiger charge is -2.38. The summed E-state index contributed by atoms with van der Waals surface area (Å²) in [5.74, 6) is 1.51. The maximum Gasteiger partial charge on any atom is 0.251 e. The van der Waals surface area contributed by atoms with E-state index in [1.807, 2.05) is 38.1 Å². The minimum Gasteiger partial charge on any atom is -0.497 e. The third-order valence-corrected chi connectivity index (χ3v) is 5.59. The summed E-state index contributed by atoms with van der Waals surface area (Å²) in [6.07, 6.45) is 5.38. The number of benzene rings is 2. The average molecular weight is 365 g/mol. The predicted octanol–water partition coefficient (Wildman–Crippen LogP) is 4.61. The minimum atomic E-state index is -0.354. The van der Waals surface area contributed by atoms with E-state index in [1.54, 1.807) is 7.11 Å². The largest absolute Gasteiger partial charge is 0.497 e. The van der Waals surface area contributed by atoms with Crippen molar-refractivity contribution in [1.82, 2.24) is 5.32 Å². The fourth-order valence-electron chi connectivity index (χ4n) is 4.20. The van der Waals surface area contributed by atoms with Crippen molar-refractivity contribution < 1.29 is 14.3 Å². The molecule has 4 rings (SSSR count). The lowest BCUT2D eigenvalue weighted by Crippen LogP contribution is -2.41. The monoisotopic (exact) mass is 365 g/mol. The Morgan fingerprint density at radius 2 is 1.89 bits per heavy atom. The van der Waals surface area contributed by atoms with Crippen molar-refractivity contribution in [2.45, 2.75) is 57.6 Å². The summed E-state index contributed by atoms with van der Waals surface area (Å²) in [5, 5.41) is 3.23. The molecule has 27 heavy (non-hydrogen) atoms. The maximum absolute atomic E-state index is 13.0. The zero-order valence-electron chi connectivity index (χ0n) is 16.3. The fraction of sp³-hybridized carbons (Fsp3) is 0.435. The van der Waals surface area contributed by atoms with Gasteiger partial charge in [-0.2, -0.15) is 0 Å². The molecule has 0 saturated heterocycles. The van der Waals surface area contributed by atoms with Crippen molar-refractivity contribution >= 4 is 5.91 Å². The van der Waals surface area contributed by atoms with Crippen LogP contribution in [0, 0.1) is 0 Å². The predicted molar refractivity (Wildman–Crippen MR) is 106 cm³/mol. The summed E-state index contributed by atoms with van der Waals surface area (Å²) in [6.45, 7) is 4.10. The van der Waals surface area contributed by atoms with Crippen LogP contribution >= 0.6 is 0 Å². The normalized spacial score (nSPS) is 20.0. The lowest BCUT2D eigenvalue weighted by atomic mass is 9.88. The Hall–Kier alpha value is -2.49. The van der Waals surface area contributed by atoms with E-state index in [-0.39, 0.29) is 17.6 Å². The number of hydrogen-bond acceptors (Lipinski definition) is 3. The van der Waals surface area contributed by atoms with Crippen LogP contribution in [0.15, 0.2) is 36.4 Å². The van der Waals surface area contributed by atoms with Crippen molar-refractivity contribution in [2.24, 2.45) is 0 Å². The number of nitrogens with one attached hydrogen (secondary N) is 1. The Morgan fingerprint density at radius 3 is 2.67 bits per heavy atom. The Morgan fingerprint density at radius 1 is 1.11 bits per heavy atom. The Kier molecular flexibility index (Phi) is 4.58. The van der Waals surface area contributed by atoms with Crippen molar-refractivity contribution in [3.63, 3.8) is 0 Å². The lowest BCUT2D eigenvalue weighted by molar-refractivity contribution is 0.0617. The number of carbonyl (C=O) groups is 1. The second-order valence-electron chi connectivity index (χ2n) is 8.19. The van der Waals surface area contributed by atoms with Gasteiger partial charge < -0.3 is 14.8 Å². The van der Waals surface area contributed by atoms with Gasteiger partial charge in [0.2, 0.25) is 0 Å². The number of fused-ring (bicyclic) bond motifs is 2. The SMILES string of the molecule is COc1ccc2c(c1)OC(C)(C)C[C@@H]2NC(=O)c1ccc2c(c1)CCCC2. The van der Waals surface area contributed by atoms with Crippen LogP contribution in [-0.4, -0.2) is 18.6 Å². The van der Waals surface area contributed by atoms with Gasteiger partial charge in [-0.15, -0.1) is 0 Å². The molecule has 0 spiro atoms. The highest BCUT2D eigenvalue weighted by Gasteiger charge is 2.35. The molecule has 0 aromatic heterocycles. The summed E-state index contributed by atoms with van der Waals surface area (Å²) in [5.41, 5.74) is 4.11. The zero-order chi connectivity index (χ0) is 19.0. The van der Waals surface area contributed by atoms with Gasteiger partial charge in [0.1, 0.15) is 17.1 Å². The molecule has 1 heterocycles. The van der Waals surface area contributed by atoms with Crippen molar-refractivity contribution in [1.29, 1.82) is 0 Å². The Balaban J connectivity index is 1.59. The molecule has 2 aromatic carbocycles. The van der Waals surface area contributed by atoms with Gasteiger partial charge >= 0.3 is 0 Å². The average Bonchev–Trinajstić information content (AvgIpc) is 2.66. The molecule has 2 aromatic rings. The van der Waals surface area contributed by atoms with Gasteiger partial charge in [-0.1, -0.05) is 6.07 Å². The van der Waals surface area contributed by atoms with E-state index >= 15 is 0 Å². The van der Waals surface area contributed by atoms with Crippen molar-refractivity contribution in [3.05, 3.63) is 58.7 Å². The molecular formula is C23H27NO3. The Bertz CT molecular complexity index is 872. The maximum atomic E-state index is 13.0. The second-order valence-corrected chi connectivity index (χ2v) is 8.19. The summed E-state index contributed by atoms with van der Waals surface area (Å²) in [4.78, 5) is 13.0. The molecule has 142 valence electrons. The molecule has 1 atom stereocenters. The third kappa shape index (κ3) is 3.66. The molecule has 0 bridgehead atoms. The molecule has 1 aliphatic heterocycles. The summed E-state index contributed by atoms with van der Waals surface area (Å²) < 4.78 is 11.4. The first-order valence-corrected chi connectivity index (χ1v) is 9.75. The topological polar surface area (TPSA) is 47.6 Å². The van der Waals surface area contributed by atoms with Crippen LogP contribution in [0.4, 0.5) is 0 Å². The first-order valence-electron chi connectivity index (χ1n) is 9.75. The number of amides is 1. The van der Waals surface area contributed by atoms with E-state index in [1.165, 1.54) is 24.0 Å². The summed E-state index contributed by atoms with van der Waals surface area (Å²) in [6, 6.07) is 11.9. The second kappa shape index (κ2) is 6.91. The molecule has 1 aliphatic carbocycles. The molecule has 2 aliphatic rings. The molecule has 4 heteroatoms. The smallest absolute Gasteiger partial charge is 0.251 e. The van der Waals surface area contributed by atoms with Crippen molar-refractivity contribution in [3.8, 4) is 11.5 Å². The molecule has 1 amide bonds. The van der Waals surface area contributed by atoms with E-state index in [0.29, 0.717) is 0 Å². The van der Waals surface area contributed by atoms with Crippen LogP contribution in [-0.2, 0) is 12.8 Å². The van der Waals surface area contributed by atoms with Gasteiger partial charge in [0.05, 0.1) is 13.2 Å². The molecular weight excluding hydrogens is 338 g/mol. The van der Waals surface area contributed by atoms with E-state index in [4.69, 9.17) is 9.47 Å². The first kappa shape index (κ1) is 17.9. The van der Waals surface area contributed by atoms with Gasteiger partial charge in [0.25, 0.3) is 5.91 Å². The van der Waals surface area contributed by atoms with Gasteiger partial charge in [0.15, 0.2) is 0 Å². The van der Waals surface area contributed by atoms with Crippen LogP contribution < -0.4 is 14.8 Å². The standard InChI is InChI=1S/C23H27NO3/c1-23(2)14-20(19-11-10-18(26-3)13-21(19)27-23)24-22(25)17-9-8-15-6-4-5-7-16(15)12-17/h8-13,20H,4-7,14H2,1-3H3,(H,24,25)/t20-/m0/s1. The molecule has 1 N–H and O–H groups in total.